The summed E-state index contributed by atoms with van der Waals surface area (Å²) in [5.41, 5.74) is -0.235. The van der Waals surface area contributed by atoms with Gasteiger partial charge in [0.25, 0.3) is 6.43 Å². The van der Waals surface area contributed by atoms with Crippen molar-refractivity contribution in [3.63, 3.8) is 0 Å². The summed E-state index contributed by atoms with van der Waals surface area (Å²) >= 11 is 1.12. The molecule has 2 rings (SSSR count). The van der Waals surface area contributed by atoms with E-state index in [1.807, 2.05) is 0 Å². The van der Waals surface area contributed by atoms with Crippen molar-refractivity contribution in [1.82, 2.24) is 4.98 Å². The number of anilines is 1. The Kier molecular flexibility index (Phi) is 3.04. The predicted molar refractivity (Wildman–Crippen MR) is 54.8 cm³/mol. The summed E-state index contributed by atoms with van der Waals surface area (Å²) in [4.78, 5) is 14.2. The number of hydrogen-bond donors (Lipinski definition) is 2. The molecule has 0 aromatic carbocycles. The molecule has 1 aliphatic rings. The fourth-order valence-corrected chi connectivity index (χ4v) is 2.35. The Morgan fingerprint density at radius 1 is 1.62 bits per heavy atom. The number of aromatic nitrogens is 1. The topological polar surface area (TPSA) is 62.2 Å². The van der Waals surface area contributed by atoms with Crippen molar-refractivity contribution in [3.8, 4) is 0 Å². The molecule has 0 bridgehead atoms. The van der Waals surface area contributed by atoms with Crippen LogP contribution in [0.2, 0.25) is 0 Å². The Labute approximate surface area is 94.3 Å². The summed E-state index contributed by atoms with van der Waals surface area (Å²) in [6, 6.07) is 0.0396. The van der Waals surface area contributed by atoms with Crippen LogP contribution in [-0.2, 0) is 4.79 Å². The van der Waals surface area contributed by atoms with Crippen LogP contribution in [0, 0.1) is 5.92 Å². The van der Waals surface area contributed by atoms with Crippen LogP contribution in [0.25, 0.3) is 0 Å². The van der Waals surface area contributed by atoms with Crippen LogP contribution in [0.15, 0.2) is 5.38 Å². The van der Waals surface area contributed by atoms with Gasteiger partial charge in [-0.05, 0) is 12.8 Å². The van der Waals surface area contributed by atoms with Gasteiger partial charge in [0.05, 0.1) is 5.92 Å². The quantitative estimate of drug-likeness (QED) is 0.858. The normalized spacial score (nSPS) is 24.2. The van der Waals surface area contributed by atoms with E-state index in [-0.39, 0.29) is 17.7 Å². The second-order valence-corrected chi connectivity index (χ2v) is 4.58. The Morgan fingerprint density at radius 2 is 2.31 bits per heavy atom. The Morgan fingerprint density at radius 3 is 2.81 bits per heavy atom. The van der Waals surface area contributed by atoms with Crippen molar-refractivity contribution >= 4 is 22.4 Å². The van der Waals surface area contributed by atoms with E-state index in [2.05, 4.69) is 10.3 Å². The number of carboxylic acid groups (broad SMARTS) is 1. The van der Waals surface area contributed by atoms with Gasteiger partial charge in [-0.1, -0.05) is 0 Å². The third kappa shape index (κ3) is 2.29. The van der Waals surface area contributed by atoms with Crippen LogP contribution in [-0.4, -0.2) is 22.1 Å². The fourth-order valence-electron chi connectivity index (χ4n) is 1.56. The maximum absolute atomic E-state index is 12.2. The van der Waals surface area contributed by atoms with E-state index in [0.29, 0.717) is 18.0 Å². The maximum Gasteiger partial charge on any atom is 0.306 e. The van der Waals surface area contributed by atoms with E-state index in [0.717, 1.165) is 11.3 Å². The zero-order valence-electron chi connectivity index (χ0n) is 8.19. The smallest absolute Gasteiger partial charge is 0.306 e. The summed E-state index contributed by atoms with van der Waals surface area (Å²) < 4.78 is 24.4. The lowest BCUT2D eigenvalue weighted by atomic mass is 9.80. The molecule has 88 valence electrons. The number of thiazole rings is 1. The zero-order chi connectivity index (χ0) is 11.7. The first kappa shape index (κ1) is 11.3. The van der Waals surface area contributed by atoms with Crippen LogP contribution in [0.3, 0.4) is 0 Å². The summed E-state index contributed by atoms with van der Waals surface area (Å²) in [7, 11) is 0. The predicted octanol–water partition coefficient (Wildman–Crippen LogP) is 2.36. The van der Waals surface area contributed by atoms with E-state index in [9.17, 15) is 13.6 Å². The van der Waals surface area contributed by atoms with E-state index in [1.165, 1.54) is 5.38 Å². The fraction of sp³-hybridized carbons (Fsp3) is 0.556. The summed E-state index contributed by atoms with van der Waals surface area (Å²) in [5.74, 6) is -1.11. The van der Waals surface area contributed by atoms with Crippen molar-refractivity contribution in [2.45, 2.75) is 25.3 Å². The van der Waals surface area contributed by atoms with Gasteiger partial charge in [-0.15, -0.1) is 11.3 Å². The number of carboxylic acids is 1. The van der Waals surface area contributed by atoms with Crippen LogP contribution < -0.4 is 5.32 Å². The minimum atomic E-state index is -2.56. The molecule has 0 spiro atoms. The van der Waals surface area contributed by atoms with Crippen molar-refractivity contribution in [2.24, 2.45) is 5.92 Å². The van der Waals surface area contributed by atoms with Gasteiger partial charge in [0, 0.05) is 11.4 Å². The van der Waals surface area contributed by atoms with Gasteiger partial charge in [-0.3, -0.25) is 4.79 Å². The van der Waals surface area contributed by atoms with Crippen molar-refractivity contribution in [1.29, 1.82) is 0 Å². The molecular formula is C9H10F2N2O2S. The molecule has 2 N–H and O–H groups in total. The molecular weight excluding hydrogens is 238 g/mol. The lowest BCUT2D eigenvalue weighted by Crippen LogP contribution is -2.39. The van der Waals surface area contributed by atoms with Crippen molar-refractivity contribution in [2.75, 3.05) is 5.32 Å². The number of nitrogens with zero attached hydrogens (tertiary/aromatic N) is 1. The molecule has 1 saturated carbocycles. The first-order valence-electron chi connectivity index (χ1n) is 4.79. The third-order valence-corrected chi connectivity index (χ3v) is 3.35. The first-order chi connectivity index (χ1) is 7.56. The van der Waals surface area contributed by atoms with Crippen LogP contribution in [0.1, 0.15) is 25.0 Å². The monoisotopic (exact) mass is 248 g/mol. The average Bonchev–Trinajstić information content (AvgIpc) is 2.58. The number of carbonyl (C=O) groups is 1. The summed E-state index contributed by atoms with van der Waals surface area (Å²) in [5, 5.41) is 13.3. The molecule has 0 radical (unpaired) electrons. The second kappa shape index (κ2) is 4.32. The third-order valence-electron chi connectivity index (χ3n) is 2.56. The first-order valence-corrected chi connectivity index (χ1v) is 5.67. The number of aliphatic carboxylic acids is 1. The minimum Gasteiger partial charge on any atom is -0.481 e. The van der Waals surface area contributed by atoms with Crippen LogP contribution in [0.4, 0.5) is 13.9 Å². The SMILES string of the molecule is O=C(O)C1CC(Nc2nc(C(F)F)cs2)C1. The molecule has 1 fully saturated rings. The molecule has 1 aromatic heterocycles. The number of alkyl halides is 2. The van der Waals surface area contributed by atoms with Gasteiger partial charge < -0.3 is 10.4 Å². The van der Waals surface area contributed by atoms with Gasteiger partial charge in [0.1, 0.15) is 5.69 Å². The lowest BCUT2D eigenvalue weighted by molar-refractivity contribution is -0.144. The van der Waals surface area contributed by atoms with Gasteiger partial charge in [-0.25, -0.2) is 13.8 Å². The number of rotatable bonds is 4. The molecule has 0 amide bonds. The van der Waals surface area contributed by atoms with Crippen molar-refractivity contribution < 1.29 is 18.7 Å². The Bertz CT molecular complexity index is 391. The van der Waals surface area contributed by atoms with Gasteiger partial charge in [0.15, 0.2) is 5.13 Å². The second-order valence-electron chi connectivity index (χ2n) is 3.73. The van der Waals surface area contributed by atoms with Crippen LogP contribution in [0.5, 0.6) is 0 Å². The van der Waals surface area contributed by atoms with Crippen molar-refractivity contribution in [3.05, 3.63) is 11.1 Å². The van der Waals surface area contributed by atoms with Gasteiger partial charge in [-0.2, -0.15) is 0 Å². The molecule has 4 nitrogen and oxygen atoms in total. The molecule has 1 aliphatic carbocycles. The van der Waals surface area contributed by atoms with E-state index in [4.69, 9.17) is 5.11 Å². The highest BCUT2D eigenvalue weighted by Crippen LogP contribution is 2.32. The Balaban J connectivity index is 1.84. The molecule has 0 aliphatic heterocycles. The maximum atomic E-state index is 12.2. The number of nitrogens with one attached hydrogen (secondary N) is 1. The molecule has 16 heavy (non-hydrogen) atoms. The number of halogens is 2. The molecule has 7 heteroatoms. The summed E-state index contributed by atoms with van der Waals surface area (Å²) in [6.07, 6.45) is -1.50. The van der Waals surface area contributed by atoms with E-state index in [1.54, 1.807) is 0 Å². The highest BCUT2D eigenvalue weighted by Gasteiger charge is 2.34. The van der Waals surface area contributed by atoms with Gasteiger partial charge in [0.2, 0.25) is 0 Å². The molecule has 1 aromatic rings. The molecule has 1 heterocycles. The largest absolute Gasteiger partial charge is 0.481 e. The van der Waals surface area contributed by atoms with E-state index < -0.39 is 12.4 Å². The van der Waals surface area contributed by atoms with E-state index >= 15 is 0 Å². The molecule has 0 saturated heterocycles. The highest BCUT2D eigenvalue weighted by molar-refractivity contribution is 7.13. The Hall–Kier alpha value is -1.24. The summed E-state index contributed by atoms with van der Waals surface area (Å²) in [6.45, 7) is 0. The molecule has 0 unspecified atom stereocenters. The standard InChI is InChI=1S/C9H10F2N2O2S/c10-7(11)6-3-16-9(13-6)12-5-1-4(2-5)8(14)15/h3-5,7H,1-2H2,(H,12,13)(H,14,15). The zero-order valence-corrected chi connectivity index (χ0v) is 9.01. The molecule has 0 atom stereocenters. The van der Waals surface area contributed by atoms with Gasteiger partial charge >= 0.3 is 5.97 Å². The highest BCUT2D eigenvalue weighted by atomic mass is 32.1. The minimum absolute atomic E-state index is 0.0396. The lowest BCUT2D eigenvalue weighted by Gasteiger charge is -2.32. The van der Waals surface area contributed by atoms with Crippen LogP contribution >= 0.6 is 11.3 Å². The average molecular weight is 248 g/mol. The number of hydrogen-bond acceptors (Lipinski definition) is 4.